The normalized spacial score (nSPS) is 12.1. The van der Waals surface area contributed by atoms with Crippen LogP contribution in [0.15, 0.2) is 79.0 Å². The number of nitrogens with one attached hydrogen (secondary N) is 1. The topological polar surface area (TPSA) is 36.7 Å². The molecule has 1 N–H and O–H groups in total. The molecule has 0 fully saturated rings. The van der Waals surface area contributed by atoms with Crippen LogP contribution in [0.3, 0.4) is 0 Å². The van der Waals surface area contributed by atoms with Crippen LogP contribution < -0.4 is 17.0 Å². The number of para-hydroxylation sites is 1. The first-order valence-corrected chi connectivity index (χ1v) is 9.49. The molecule has 0 amide bonds. The van der Waals surface area contributed by atoms with E-state index < -0.39 is 0 Å². The summed E-state index contributed by atoms with van der Waals surface area (Å²) in [4.78, 5) is 16.5. The van der Waals surface area contributed by atoms with Crippen LogP contribution in [-0.2, 0) is 0 Å². The van der Waals surface area contributed by atoms with E-state index in [1.54, 1.807) is 0 Å². The van der Waals surface area contributed by atoms with Crippen molar-refractivity contribution in [2.75, 3.05) is 0 Å². The van der Waals surface area contributed by atoms with Crippen LogP contribution in [0.4, 0.5) is 0 Å². The number of nitrogens with zero attached hydrogens (tertiary/aromatic N) is 1. The van der Waals surface area contributed by atoms with Crippen molar-refractivity contribution >= 4 is 39.2 Å². The quantitative estimate of drug-likeness (QED) is 0.410. The Hall–Kier alpha value is -3.14. The third kappa shape index (κ3) is 2.45. The lowest BCUT2D eigenvalue weighted by Gasteiger charge is -2.04. The van der Waals surface area contributed by atoms with Crippen molar-refractivity contribution < 1.29 is 21.8 Å². The van der Waals surface area contributed by atoms with Crippen molar-refractivity contribution in [3.8, 4) is 16.8 Å². The van der Waals surface area contributed by atoms with Crippen molar-refractivity contribution in [3.63, 3.8) is 0 Å². The average molecular weight is 417 g/mol. The molecule has 1 aliphatic rings. The van der Waals surface area contributed by atoms with Crippen molar-refractivity contribution in [1.29, 1.82) is 0 Å². The Bertz CT molecular complexity index is 1450. The first-order chi connectivity index (χ1) is 13.7. The number of H-pyrrole nitrogens is 1. The molecule has 0 spiro atoms. The van der Waals surface area contributed by atoms with Gasteiger partial charge in [-0.25, -0.2) is 0 Å². The average Bonchev–Trinajstić information content (AvgIpc) is 3.24. The molecular formula is C24H14Cl2N2O. The Labute approximate surface area is 178 Å². The Balaban J connectivity index is 0.00000181. The van der Waals surface area contributed by atoms with Crippen LogP contribution in [0.5, 0.6) is 0 Å². The lowest BCUT2D eigenvalue weighted by molar-refractivity contribution is -0.592. The van der Waals surface area contributed by atoms with Gasteiger partial charge in [0, 0.05) is 39.0 Å². The highest BCUT2D eigenvalue weighted by molar-refractivity contribution is 6.33. The van der Waals surface area contributed by atoms with Gasteiger partial charge in [-0.1, -0.05) is 48.0 Å². The first kappa shape index (κ1) is 17.9. The van der Waals surface area contributed by atoms with E-state index in [4.69, 9.17) is 11.6 Å². The molecule has 0 atom stereocenters. The smallest absolute Gasteiger partial charge is 0.284 e. The summed E-state index contributed by atoms with van der Waals surface area (Å²) in [6, 6.07) is 23.9. The van der Waals surface area contributed by atoms with E-state index in [0.717, 1.165) is 49.2 Å². The second-order valence-corrected chi connectivity index (χ2v) is 7.44. The summed E-state index contributed by atoms with van der Waals surface area (Å²) in [5.74, 6) is 0.0547. The van der Waals surface area contributed by atoms with Crippen LogP contribution in [-0.4, -0.2) is 10.8 Å². The number of carbonyl (C=O) groups is 1. The van der Waals surface area contributed by atoms with E-state index >= 15 is 0 Å². The fourth-order valence-corrected chi connectivity index (χ4v) is 4.45. The molecule has 0 saturated carbocycles. The van der Waals surface area contributed by atoms with E-state index in [-0.39, 0.29) is 18.2 Å². The van der Waals surface area contributed by atoms with E-state index in [0.29, 0.717) is 5.69 Å². The number of aromatic amines is 1. The van der Waals surface area contributed by atoms with Crippen molar-refractivity contribution in [1.82, 2.24) is 4.98 Å². The molecule has 0 bridgehead atoms. The Kier molecular flexibility index (Phi) is 3.98. The van der Waals surface area contributed by atoms with Crippen molar-refractivity contribution in [3.05, 3.63) is 95.3 Å². The number of carbonyl (C=O) groups excluding carboxylic acids is 1. The number of rotatable bonds is 1. The van der Waals surface area contributed by atoms with Gasteiger partial charge in [-0.05, 0) is 29.8 Å². The molecule has 3 nitrogen and oxygen atoms in total. The van der Waals surface area contributed by atoms with Gasteiger partial charge in [0.1, 0.15) is 11.1 Å². The lowest BCUT2D eigenvalue weighted by Crippen LogP contribution is -3.00. The lowest BCUT2D eigenvalue weighted by atomic mass is 10.0. The number of hydrogen-bond acceptors (Lipinski definition) is 1. The second kappa shape index (κ2) is 6.45. The van der Waals surface area contributed by atoms with Gasteiger partial charge >= 0.3 is 0 Å². The minimum atomic E-state index is 0. The number of aromatic nitrogens is 2. The highest BCUT2D eigenvalue weighted by Gasteiger charge is 2.37. The summed E-state index contributed by atoms with van der Waals surface area (Å²) in [5.41, 5.74) is 6.29. The summed E-state index contributed by atoms with van der Waals surface area (Å²) in [6.45, 7) is 0. The Morgan fingerprint density at radius 2 is 1.59 bits per heavy atom. The number of pyridine rings is 1. The van der Waals surface area contributed by atoms with Gasteiger partial charge in [-0.15, -0.1) is 0 Å². The van der Waals surface area contributed by atoms with Crippen LogP contribution in [0.2, 0.25) is 5.02 Å². The molecule has 0 unspecified atom stereocenters. The molecule has 0 aliphatic carbocycles. The maximum atomic E-state index is 13.1. The minimum Gasteiger partial charge on any atom is -1.00 e. The highest BCUT2D eigenvalue weighted by Crippen LogP contribution is 2.35. The standard InChI is InChI=1S/C24H13ClN2O.ClH/c25-19-7-3-1-5-15(19)14-9-10-20-18(13-14)16-11-12-27-21-8-4-2-6-17(21)24(28)23(27)22(16)26-20;/h1-13H;1H. The molecule has 5 heteroatoms. The van der Waals surface area contributed by atoms with Crippen molar-refractivity contribution in [2.45, 2.75) is 0 Å². The van der Waals surface area contributed by atoms with Crippen LogP contribution >= 0.6 is 11.6 Å². The van der Waals surface area contributed by atoms with Gasteiger partial charge in [0.05, 0.1) is 0 Å². The molecule has 5 aromatic rings. The molecule has 0 saturated heterocycles. The predicted octanol–water partition coefficient (Wildman–Crippen LogP) is 2.47. The first-order valence-electron chi connectivity index (χ1n) is 9.11. The predicted molar refractivity (Wildman–Crippen MR) is 111 cm³/mol. The van der Waals surface area contributed by atoms with Gasteiger partial charge in [-0.2, -0.15) is 4.57 Å². The van der Waals surface area contributed by atoms with E-state index in [9.17, 15) is 4.79 Å². The number of fused-ring (bicyclic) bond motifs is 7. The van der Waals surface area contributed by atoms with Crippen molar-refractivity contribution in [2.24, 2.45) is 0 Å². The SMILES string of the molecule is O=C1c2ccccc2-[n+]2ccc3c([nH]c4ccc(-c5ccccc5Cl)cc43)c21.[Cl-]. The van der Waals surface area contributed by atoms with Gasteiger partial charge in [0.25, 0.3) is 11.5 Å². The van der Waals surface area contributed by atoms with E-state index in [1.165, 1.54) is 0 Å². The summed E-state index contributed by atoms with van der Waals surface area (Å²) in [5, 5.41) is 2.85. The number of benzene rings is 3. The van der Waals surface area contributed by atoms with Crippen LogP contribution in [0.25, 0.3) is 38.6 Å². The summed E-state index contributed by atoms with van der Waals surface area (Å²) >= 11 is 6.39. The highest BCUT2D eigenvalue weighted by atomic mass is 35.5. The van der Waals surface area contributed by atoms with Gasteiger partial charge in [0.2, 0.25) is 5.69 Å². The maximum Gasteiger partial charge on any atom is 0.284 e. The third-order valence-electron chi connectivity index (χ3n) is 5.51. The monoisotopic (exact) mass is 416 g/mol. The summed E-state index contributed by atoms with van der Waals surface area (Å²) < 4.78 is 1.98. The van der Waals surface area contributed by atoms with Gasteiger partial charge < -0.3 is 17.4 Å². The molecule has 1 aliphatic heterocycles. The molecule has 0 radical (unpaired) electrons. The maximum absolute atomic E-state index is 13.1. The minimum absolute atomic E-state index is 0. The molecular weight excluding hydrogens is 403 g/mol. The number of ketones is 1. The largest absolute Gasteiger partial charge is 1.00 e. The zero-order chi connectivity index (χ0) is 18.8. The number of hydrogen-bond donors (Lipinski definition) is 1. The summed E-state index contributed by atoms with van der Waals surface area (Å²) in [6.07, 6.45) is 1.98. The fourth-order valence-electron chi connectivity index (χ4n) is 4.21. The number of halogens is 2. The molecule has 140 valence electrons. The molecule has 2 aromatic heterocycles. The van der Waals surface area contributed by atoms with E-state index in [2.05, 4.69) is 29.2 Å². The molecule has 29 heavy (non-hydrogen) atoms. The van der Waals surface area contributed by atoms with Gasteiger partial charge in [0.15, 0.2) is 6.20 Å². The second-order valence-electron chi connectivity index (χ2n) is 7.03. The van der Waals surface area contributed by atoms with Crippen LogP contribution in [0, 0.1) is 0 Å². The fraction of sp³-hybridized carbons (Fsp3) is 0. The van der Waals surface area contributed by atoms with E-state index in [1.807, 2.05) is 59.3 Å². The Morgan fingerprint density at radius 3 is 2.41 bits per heavy atom. The molecule has 3 aromatic carbocycles. The Morgan fingerprint density at radius 1 is 0.828 bits per heavy atom. The van der Waals surface area contributed by atoms with Crippen LogP contribution in [0.1, 0.15) is 16.1 Å². The molecule has 3 heterocycles. The van der Waals surface area contributed by atoms with Gasteiger partial charge in [-0.3, -0.25) is 4.79 Å². The summed E-state index contributed by atoms with van der Waals surface area (Å²) in [7, 11) is 0. The zero-order valence-electron chi connectivity index (χ0n) is 15.1. The third-order valence-corrected chi connectivity index (χ3v) is 5.84. The molecule has 6 rings (SSSR count). The zero-order valence-corrected chi connectivity index (χ0v) is 16.6.